The zero-order valence-electron chi connectivity index (χ0n) is 11.2. The molecule has 1 atom stereocenters. The van der Waals surface area contributed by atoms with Gasteiger partial charge in [0.1, 0.15) is 5.82 Å². The lowest BCUT2D eigenvalue weighted by atomic mass is 10.1. The molecule has 6 heteroatoms. The Labute approximate surface area is 112 Å². The van der Waals surface area contributed by atoms with Gasteiger partial charge < -0.3 is 10.0 Å². The fourth-order valence-electron chi connectivity index (χ4n) is 2.78. The fraction of sp³-hybridized carbons (Fsp3) is 0.615. The largest absolute Gasteiger partial charge is 0.394 e. The van der Waals surface area contributed by atoms with Crippen LogP contribution in [0.25, 0.3) is 5.65 Å². The van der Waals surface area contributed by atoms with Crippen LogP contribution in [0.2, 0.25) is 0 Å². The van der Waals surface area contributed by atoms with Crippen molar-refractivity contribution in [1.29, 1.82) is 0 Å². The maximum Gasteiger partial charge on any atom is 0.203 e. The van der Waals surface area contributed by atoms with E-state index in [1.54, 1.807) is 6.20 Å². The lowest BCUT2D eigenvalue weighted by molar-refractivity contribution is 0.254. The molecule has 3 heterocycles. The van der Waals surface area contributed by atoms with E-state index in [9.17, 15) is 5.11 Å². The van der Waals surface area contributed by atoms with Gasteiger partial charge in [-0.2, -0.15) is 0 Å². The molecule has 1 aliphatic heterocycles. The molecule has 0 spiro atoms. The molecule has 0 bridgehead atoms. The highest BCUT2D eigenvalue weighted by Gasteiger charge is 2.24. The Hall–Kier alpha value is -1.69. The van der Waals surface area contributed by atoms with Crippen LogP contribution in [0, 0.1) is 6.92 Å². The van der Waals surface area contributed by atoms with E-state index in [2.05, 4.69) is 20.1 Å². The average molecular weight is 261 g/mol. The van der Waals surface area contributed by atoms with Gasteiger partial charge in [-0.15, -0.1) is 10.2 Å². The summed E-state index contributed by atoms with van der Waals surface area (Å²) in [5, 5.41) is 17.9. The van der Waals surface area contributed by atoms with Crippen LogP contribution >= 0.6 is 0 Å². The van der Waals surface area contributed by atoms with Crippen LogP contribution in [0.3, 0.4) is 0 Å². The zero-order chi connectivity index (χ0) is 13.2. The molecule has 0 aliphatic carbocycles. The smallest absolute Gasteiger partial charge is 0.203 e. The zero-order valence-corrected chi connectivity index (χ0v) is 11.2. The van der Waals surface area contributed by atoms with Crippen LogP contribution in [0.1, 0.15) is 31.5 Å². The molecule has 2 aromatic rings. The third-order valence-electron chi connectivity index (χ3n) is 3.84. The fourth-order valence-corrected chi connectivity index (χ4v) is 2.78. The first kappa shape index (κ1) is 12.3. The number of aryl methyl sites for hydroxylation is 1. The summed E-state index contributed by atoms with van der Waals surface area (Å²) in [5.74, 6) is 1.69. The molecule has 0 amide bonds. The quantitative estimate of drug-likeness (QED) is 0.879. The second kappa shape index (κ2) is 5.13. The van der Waals surface area contributed by atoms with Crippen molar-refractivity contribution in [1.82, 2.24) is 19.6 Å². The van der Waals surface area contributed by atoms with E-state index in [0.717, 1.165) is 43.1 Å². The van der Waals surface area contributed by atoms with Gasteiger partial charge in [-0.1, -0.05) is 12.8 Å². The predicted octanol–water partition coefficient (Wildman–Crippen LogP) is 1.17. The van der Waals surface area contributed by atoms with Crippen molar-refractivity contribution in [3.05, 3.63) is 18.2 Å². The molecule has 0 radical (unpaired) electrons. The van der Waals surface area contributed by atoms with Gasteiger partial charge in [-0.05, 0) is 19.8 Å². The summed E-state index contributed by atoms with van der Waals surface area (Å²) >= 11 is 0. The first-order chi connectivity index (χ1) is 9.31. The Morgan fingerprint density at radius 1 is 1.32 bits per heavy atom. The minimum atomic E-state index is 0.137. The maximum atomic E-state index is 9.61. The Morgan fingerprint density at radius 2 is 2.21 bits per heavy atom. The van der Waals surface area contributed by atoms with E-state index in [-0.39, 0.29) is 12.6 Å². The number of nitrogens with zero attached hydrogens (tertiary/aromatic N) is 5. The predicted molar refractivity (Wildman–Crippen MR) is 72.2 cm³/mol. The van der Waals surface area contributed by atoms with Crippen LogP contribution < -0.4 is 4.90 Å². The Morgan fingerprint density at radius 3 is 3.05 bits per heavy atom. The highest BCUT2D eigenvalue weighted by molar-refractivity contribution is 5.64. The van der Waals surface area contributed by atoms with Gasteiger partial charge >= 0.3 is 0 Å². The number of aliphatic hydroxyl groups excluding tert-OH is 1. The number of hydrogen-bond acceptors (Lipinski definition) is 5. The minimum Gasteiger partial charge on any atom is -0.394 e. The Bertz CT molecular complexity index is 567. The van der Waals surface area contributed by atoms with Crippen molar-refractivity contribution >= 4 is 11.5 Å². The Balaban J connectivity index is 2.06. The molecule has 3 rings (SSSR count). The first-order valence-corrected chi connectivity index (χ1v) is 6.85. The number of aliphatic hydroxyl groups is 1. The van der Waals surface area contributed by atoms with Crippen LogP contribution in [-0.2, 0) is 0 Å². The SMILES string of the molecule is Cc1nnc2c(N3CCCCCC3CO)nccn12. The number of rotatable bonds is 2. The third-order valence-corrected chi connectivity index (χ3v) is 3.84. The van der Waals surface area contributed by atoms with Crippen molar-refractivity contribution in [2.75, 3.05) is 18.1 Å². The molecule has 1 unspecified atom stereocenters. The molecule has 1 saturated heterocycles. The summed E-state index contributed by atoms with van der Waals surface area (Å²) in [7, 11) is 0. The van der Waals surface area contributed by atoms with Gasteiger partial charge in [0.05, 0.1) is 12.6 Å². The highest BCUT2D eigenvalue weighted by atomic mass is 16.3. The van der Waals surface area contributed by atoms with E-state index in [0.29, 0.717) is 0 Å². The van der Waals surface area contributed by atoms with Crippen LogP contribution in [0.4, 0.5) is 5.82 Å². The van der Waals surface area contributed by atoms with Gasteiger partial charge in [0, 0.05) is 18.9 Å². The second-order valence-electron chi connectivity index (χ2n) is 5.07. The topological polar surface area (TPSA) is 66.5 Å². The summed E-state index contributed by atoms with van der Waals surface area (Å²) in [6.45, 7) is 3.01. The molecule has 0 saturated carbocycles. The second-order valence-corrected chi connectivity index (χ2v) is 5.07. The summed E-state index contributed by atoms with van der Waals surface area (Å²) in [6.07, 6.45) is 8.16. The summed E-state index contributed by atoms with van der Waals surface area (Å²) in [6, 6.07) is 0.137. The van der Waals surface area contributed by atoms with E-state index in [1.165, 1.54) is 6.42 Å². The summed E-state index contributed by atoms with van der Waals surface area (Å²) in [4.78, 5) is 6.67. The standard InChI is InChI=1S/C13H19N5O/c1-10-15-16-13-12(14-6-8-17(10)13)18-7-4-2-3-5-11(18)9-19/h6,8,11,19H,2-5,7,9H2,1H3. The molecule has 6 nitrogen and oxygen atoms in total. The molecule has 1 N–H and O–H groups in total. The van der Waals surface area contributed by atoms with Gasteiger partial charge in [0.2, 0.25) is 5.65 Å². The van der Waals surface area contributed by atoms with Gasteiger partial charge in [0.25, 0.3) is 0 Å². The van der Waals surface area contributed by atoms with E-state index in [4.69, 9.17) is 0 Å². The van der Waals surface area contributed by atoms with Gasteiger partial charge in [-0.25, -0.2) is 4.98 Å². The molecule has 0 aromatic carbocycles. The van der Waals surface area contributed by atoms with E-state index >= 15 is 0 Å². The van der Waals surface area contributed by atoms with Crippen LogP contribution in [0.15, 0.2) is 12.4 Å². The van der Waals surface area contributed by atoms with E-state index < -0.39 is 0 Å². The van der Waals surface area contributed by atoms with Gasteiger partial charge in [-0.3, -0.25) is 4.40 Å². The molecular weight excluding hydrogens is 242 g/mol. The van der Waals surface area contributed by atoms with Crippen molar-refractivity contribution in [2.24, 2.45) is 0 Å². The molecule has 19 heavy (non-hydrogen) atoms. The molecule has 1 aliphatic rings. The van der Waals surface area contributed by atoms with Crippen molar-refractivity contribution in [3.8, 4) is 0 Å². The number of aromatic nitrogens is 4. The monoisotopic (exact) mass is 261 g/mol. The molecule has 2 aromatic heterocycles. The number of fused-ring (bicyclic) bond motifs is 1. The molecule has 102 valence electrons. The average Bonchev–Trinajstić information content (AvgIpc) is 2.68. The maximum absolute atomic E-state index is 9.61. The van der Waals surface area contributed by atoms with Gasteiger partial charge in [0.15, 0.2) is 5.82 Å². The summed E-state index contributed by atoms with van der Waals surface area (Å²) in [5.41, 5.74) is 0.778. The number of anilines is 1. The highest BCUT2D eigenvalue weighted by Crippen LogP contribution is 2.25. The van der Waals surface area contributed by atoms with Crippen LogP contribution in [0.5, 0.6) is 0 Å². The summed E-state index contributed by atoms with van der Waals surface area (Å²) < 4.78 is 1.95. The Kier molecular flexibility index (Phi) is 3.33. The van der Waals surface area contributed by atoms with Crippen molar-refractivity contribution < 1.29 is 5.11 Å². The lowest BCUT2D eigenvalue weighted by Gasteiger charge is -2.29. The van der Waals surface area contributed by atoms with Crippen LogP contribution in [-0.4, -0.2) is 43.9 Å². The lowest BCUT2D eigenvalue weighted by Crippen LogP contribution is -2.38. The third kappa shape index (κ3) is 2.16. The first-order valence-electron chi connectivity index (χ1n) is 6.85. The van der Waals surface area contributed by atoms with Crippen molar-refractivity contribution in [3.63, 3.8) is 0 Å². The van der Waals surface area contributed by atoms with Crippen molar-refractivity contribution in [2.45, 2.75) is 38.6 Å². The normalized spacial score (nSPS) is 20.7. The minimum absolute atomic E-state index is 0.137. The number of hydrogen-bond donors (Lipinski definition) is 1. The molecular formula is C13H19N5O. The van der Waals surface area contributed by atoms with E-state index in [1.807, 2.05) is 17.5 Å². The molecule has 1 fully saturated rings.